The number of nitrogens with zero attached hydrogens (tertiary/aromatic N) is 1. The highest BCUT2D eigenvalue weighted by Gasteiger charge is 2.30. The van der Waals surface area contributed by atoms with Gasteiger partial charge < -0.3 is 13.9 Å². The number of hydrogen-bond acceptors (Lipinski definition) is 5. The molecular formula is C16H13F3N2O4S. The van der Waals surface area contributed by atoms with Crippen LogP contribution in [0.2, 0.25) is 0 Å². The fourth-order valence-corrected chi connectivity index (χ4v) is 2.86. The third kappa shape index (κ3) is 3.74. The van der Waals surface area contributed by atoms with Crippen molar-refractivity contribution in [2.75, 3.05) is 13.4 Å². The average Bonchev–Trinajstić information content (AvgIpc) is 2.95. The predicted molar refractivity (Wildman–Crippen MR) is 88.6 cm³/mol. The Bertz CT molecular complexity index is 1070. The Balaban J connectivity index is 2.05. The molecule has 0 aliphatic heterocycles. The summed E-state index contributed by atoms with van der Waals surface area (Å²) in [5.74, 6) is 0.576. The van der Waals surface area contributed by atoms with E-state index < -0.39 is 21.9 Å². The predicted octanol–water partition coefficient (Wildman–Crippen LogP) is 3.60. The summed E-state index contributed by atoms with van der Waals surface area (Å²) in [6.45, 7) is 0. The quantitative estimate of drug-likeness (QED) is 0.693. The number of imidazole rings is 1. The summed E-state index contributed by atoms with van der Waals surface area (Å²) in [5, 5.41) is 0. The first kappa shape index (κ1) is 18.1. The number of methoxy groups -OCH3 is 1. The van der Waals surface area contributed by atoms with Crippen LogP contribution in [0.15, 0.2) is 36.4 Å². The zero-order chi connectivity index (χ0) is 19.1. The fourth-order valence-electron chi connectivity index (χ4n) is 2.40. The lowest BCUT2D eigenvalue weighted by Gasteiger charge is -2.09. The minimum Gasteiger partial charge on any atom is -0.496 e. The van der Waals surface area contributed by atoms with E-state index in [1.807, 2.05) is 0 Å². The Morgan fingerprint density at radius 3 is 2.46 bits per heavy atom. The Kier molecular flexibility index (Phi) is 4.31. The molecule has 0 spiro atoms. The van der Waals surface area contributed by atoms with Gasteiger partial charge in [-0.3, -0.25) is 0 Å². The van der Waals surface area contributed by atoms with Crippen LogP contribution >= 0.6 is 0 Å². The fraction of sp³-hybridized carbons (Fsp3) is 0.188. The van der Waals surface area contributed by atoms with Gasteiger partial charge in [0.1, 0.15) is 17.3 Å². The summed E-state index contributed by atoms with van der Waals surface area (Å²) in [5.41, 5.74) is 0.213. The maximum Gasteiger partial charge on any atom is 0.416 e. The van der Waals surface area contributed by atoms with E-state index in [4.69, 9.17) is 8.92 Å². The zero-order valence-electron chi connectivity index (χ0n) is 13.6. The molecule has 1 heterocycles. The zero-order valence-corrected chi connectivity index (χ0v) is 14.4. The molecule has 26 heavy (non-hydrogen) atoms. The number of aromatic nitrogens is 2. The van der Waals surface area contributed by atoms with Crippen LogP contribution in [-0.2, 0) is 16.3 Å². The van der Waals surface area contributed by atoms with E-state index in [2.05, 4.69) is 9.97 Å². The number of hydrogen-bond donors (Lipinski definition) is 1. The van der Waals surface area contributed by atoms with Crippen LogP contribution < -0.4 is 8.92 Å². The van der Waals surface area contributed by atoms with Gasteiger partial charge in [0, 0.05) is 6.07 Å². The Hall–Kier alpha value is -2.75. The number of fused-ring (bicyclic) bond motifs is 1. The van der Waals surface area contributed by atoms with E-state index >= 15 is 0 Å². The highest BCUT2D eigenvalue weighted by atomic mass is 32.2. The van der Waals surface area contributed by atoms with Crippen LogP contribution in [0.5, 0.6) is 11.5 Å². The molecule has 1 N–H and O–H groups in total. The van der Waals surface area contributed by atoms with Crippen LogP contribution in [0.4, 0.5) is 13.2 Å². The normalized spacial score (nSPS) is 12.3. The van der Waals surface area contributed by atoms with Gasteiger partial charge in [-0.1, -0.05) is 0 Å². The lowest BCUT2D eigenvalue weighted by molar-refractivity contribution is -0.137. The van der Waals surface area contributed by atoms with Crippen LogP contribution in [0, 0.1) is 0 Å². The van der Waals surface area contributed by atoms with Gasteiger partial charge in [-0.05, 0) is 30.3 Å². The molecule has 0 aliphatic carbocycles. The highest BCUT2D eigenvalue weighted by Crippen LogP contribution is 2.35. The summed E-state index contributed by atoms with van der Waals surface area (Å²) in [7, 11) is -2.34. The molecule has 0 radical (unpaired) electrons. The Morgan fingerprint density at radius 2 is 1.85 bits per heavy atom. The van der Waals surface area contributed by atoms with Gasteiger partial charge in [0.05, 0.1) is 35.5 Å². The second kappa shape index (κ2) is 6.20. The topological polar surface area (TPSA) is 81.3 Å². The number of rotatable bonds is 4. The number of aromatic amines is 1. The first-order chi connectivity index (χ1) is 12.1. The van der Waals surface area contributed by atoms with E-state index in [1.165, 1.54) is 31.4 Å². The number of benzene rings is 2. The van der Waals surface area contributed by atoms with Crippen molar-refractivity contribution >= 4 is 21.2 Å². The summed E-state index contributed by atoms with van der Waals surface area (Å²) in [4.78, 5) is 7.09. The van der Waals surface area contributed by atoms with Gasteiger partial charge in [-0.25, -0.2) is 4.98 Å². The number of alkyl halides is 3. The van der Waals surface area contributed by atoms with Crippen molar-refractivity contribution in [1.29, 1.82) is 0 Å². The average molecular weight is 386 g/mol. The summed E-state index contributed by atoms with van der Waals surface area (Å²) < 4.78 is 70.9. The summed E-state index contributed by atoms with van der Waals surface area (Å²) in [6.07, 6.45) is -3.56. The van der Waals surface area contributed by atoms with Crippen molar-refractivity contribution in [2.24, 2.45) is 0 Å². The lowest BCUT2D eigenvalue weighted by atomic mass is 10.2. The van der Waals surface area contributed by atoms with Crippen LogP contribution in [-0.4, -0.2) is 31.8 Å². The maximum atomic E-state index is 12.8. The molecule has 0 unspecified atom stereocenters. The molecule has 0 amide bonds. The van der Waals surface area contributed by atoms with Crippen molar-refractivity contribution in [1.82, 2.24) is 9.97 Å². The molecule has 0 atom stereocenters. The number of H-pyrrole nitrogens is 1. The Morgan fingerprint density at radius 1 is 1.12 bits per heavy atom. The third-order valence-electron chi connectivity index (χ3n) is 3.49. The van der Waals surface area contributed by atoms with Crippen molar-refractivity contribution in [3.8, 4) is 22.9 Å². The number of ether oxygens (including phenoxy) is 1. The third-order valence-corrected chi connectivity index (χ3v) is 3.98. The van der Waals surface area contributed by atoms with Crippen molar-refractivity contribution in [3.05, 3.63) is 42.0 Å². The molecule has 0 bridgehead atoms. The summed E-state index contributed by atoms with van der Waals surface area (Å²) in [6, 6.07) is 7.45. The van der Waals surface area contributed by atoms with Crippen molar-refractivity contribution < 1.29 is 30.5 Å². The van der Waals surface area contributed by atoms with E-state index in [1.54, 1.807) is 0 Å². The molecule has 3 rings (SSSR count). The summed E-state index contributed by atoms with van der Waals surface area (Å²) >= 11 is 0. The highest BCUT2D eigenvalue weighted by molar-refractivity contribution is 7.86. The molecule has 3 aromatic rings. The van der Waals surface area contributed by atoms with Gasteiger partial charge in [-0.2, -0.15) is 21.6 Å². The minimum atomic E-state index is -4.46. The Labute approximate surface area is 146 Å². The first-order valence-corrected chi connectivity index (χ1v) is 9.03. The number of nitrogens with one attached hydrogen (secondary N) is 1. The second-order valence-corrected chi connectivity index (χ2v) is 7.04. The van der Waals surface area contributed by atoms with E-state index in [0.29, 0.717) is 11.1 Å². The van der Waals surface area contributed by atoms with Gasteiger partial charge in [0.25, 0.3) is 0 Å². The standard InChI is InChI=1S/C16H13F3N2O4S/c1-24-14-8-10(25-26(2,22)23)4-5-11(14)15-20-12-6-3-9(16(17,18)19)7-13(12)21-15/h3-8H,1-2H3,(H,20,21). The largest absolute Gasteiger partial charge is 0.496 e. The lowest BCUT2D eigenvalue weighted by Crippen LogP contribution is -2.05. The van der Waals surface area contributed by atoms with Gasteiger partial charge in [-0.15, -0.1) is 0 Å². The molecule has 10 heteroatoms. The maximum absolute atomic E-state index is 12.8. The molecule has 1 aromatic heterocycles. The van der Waals surface area contributed by atoms with Crippen molar-refractivity contribution in [3.63, 3.8) is 0 Å². The molecule has 0 saturated carbocycles. The first-order valence-electron chi connectivity index (χ1n) is 7.21. The molecule has 0 saturated heterocycles. The molecule has 0 aliphatic rings. The van der Waals surface area contributed by atoms with Crippen LogP contribution in [0.25, 0.3) is 22.4 Å². The molecule has 2 aromatic carbocycles. The molecule has 6 nitrogen and oxygen atoms in total. The second-order valence-electron chi connectivity index (χ2n) is 5.46. The molecular weight excluding hydrogens is 373 g/mol. The van der Waals surface area contributed by atoms with Gasteiger partial charge in [0.15, 0.2) is 0 Å². The SMILES string of the molecule is COc1cc(OS(C)(=O)=O)ccc1-c1nc2cc(C(F)(F)F)ccc2[nH]1. The van der Waals surface area contributed by atoms with Gasteiger partial charge in [0.2, 0.25) is 0 Å². The van der Waals surface area contributed by atoms with Crippen molar-refractivity contribution in [2.45, 2.75) is 6.18 Å². The van der Waals surface area contributed by atoms with E-state index in [-0.39, 0.29) is 22.8 Å². The number of halogens is 3. The van der Waals surface area contributed by atoms with Crippen LogP contribution in [0.3, 0.4) is 0 Å². The smallest absolute Gasteiger partial charge is 0.416 e. The van der Waals surface area contributed by atoms with Gasteiger partial charge >= 0.3 is 16.3 Å². The van der Waals surface area contributed by atoms with E-state index in [9.17, 15) is 21.6 Å². The van der Waals surface area contributed by atoms with E-state index in [0.717, 1.165) is 18.4 Å². The molecule has 0 fully saturated rings. The molecule has 138 valence electrons. The monoisotopic (exact) mass is 386 g/mol. The minimum absolute atomic E-state index is 0.0450. The van der Waals surface area contributed by atoms with Crippen LogP contribution in [0.1, 0.15) is 5.56 Å².